The topological polar surface area (TPSA) is 69.9 Å². The first-order valence-electron chi connectivity index (χ1n) is 21.1. The monoisotopic (exact) mass is 806 g/mol. The first-order valence-corrected chi connectivity index (χ1v) is 21.1. The van der Waals surface area contributed by atoms with Crippen LogP contribution in [0.2, 0.25) is 0 Å². The van der Waals surface area contributed by atoms with Crippen LogP contribution < -0.4 is 0 Å². The quantitative estimate of drug-likeness (QED) is 0.167. The number of benzene rings is 9. The van der Waals surface area contributed by atoms with E-state index >= 15 is 0 Å². The number of hydrogen-bond donors (Lipinski definition) is 0. The molecule has 13 rings (SSSR count). The maximum Gasteiger partial charge on any atom is 0.164 e. The molecule has 0 unspecified atom stereocenters. The van der Waals surface area contributed by atoms with Crippen molar-refractivity contribution in [2.75, 3.05) is 0 Å². The van der Waals surface area contributed by atoms with Crippen molar-refractivity contribution in [3.05, 3.63) is 206 Å². The van der Waals surface area contributed by atoms with E-state index in [0.29, 0.717) is 17.5 Å². The molecule has 0 fully saturated rings. The summed E-state index contributed by atoms with van der Waals surface area (Å²) in [6, 6.07) is 71.7. The second kappa shape index (κ2) is 14.0. The van der Waals surface area contributed by atoms with Gasteiger partial charge in [0.15, 0.2) is 17.5 Å². The van der Waals surface area contributed by atoms with Crippen LogP contribution in [0.25, 0.3) is 128 Å². The summed E-state index contributed by atoms with van der Waals surface area (Å²) in [6.45, 7) is 0. The highest BCUT2D eigenvalue weighted by atomic mass is 16.3. The summed E-state index contributed by atoms with van der Waals surface area (Å²) < 4.78 is 15.0. The van der Waals surface area contributed by atoms with Crippen LogP contribution in [-0.2, 0) is 0 Å². The third kappa shape index (κ3) is 5.76. The van der Waals surface area contributed by atoms with E-state index in [2.05, 4.69) is 120 Å². The maximum absolute atomic E-state index is 6.42. The second-order valence-corrected chi connectivity index (χ2v) is 16.0. The zero-order valence-corrected chi connectivity index (χ0v) is 33.7. The van der Waals surface area contributed by atoms with Crippen molar-refractivity contribution in [2.45, 2.75) is 0 Å². The van der Waals surface area contributed by atoms with Gasteiger partial charge in [0.1, 0.15) is 22.3 Å². The highest BCUT2D eigenvalue weighted by Crippen LogP contribution is 2.42. The predicted octanol–water partition coefficient (Wildman–Crippen LogP) is 15.1. The molecule has 4 heterocycles. The van der Waals surface area contributed by atoms with Crippen molar-refractivity contribution in [3.63, 3.8) is 0 Å². The molecule has 0 amide bonds. The van der Waals surface area contributed by atoms with Gasteiger partial charge < -0.3 is 13.4 Å². The summed E-state index contributed by atoms with van der Waals surface area (Å²) in [4.78, 5) is 15.4. The van der Waals surface area contributed by atoms with Gasteiger partial charge in [0, 0.05) is 54.7 Å². The van der Waals surface area contributed by atoms with Crippen molar-refractivity contribution in [1.82, 2.24) is 19.5 Å². The zero-order chi connectivity index (χ0) is 41.4. The lowest BCUT2D eigenvalue weighted by molar-refractivity contribution is 0.668. The third-order valence-electron chi connectivity index (χ3n) is 12.2. The van der Waals surface area contributed by atoms with Gasteiger partial charge in [-0.2, -0.15) is 0 Å². The minimum atomic E-state index is 0.584. The highest BCUT2D eigenvalue weighted by Gasteiger charge is 2.20. The van der Waals surface area contributed by atoms with Crippen LogP contribution in [0.5, 0.6) is 0 Å². The van der Waals surface area contributed by atoms with Gasteiger partial charge in [-0.25, -0.2) is 15.0 Å². The molecular formula is C57H34N4O2. The molecule has 0 N–H and O–H groups in total. The third-order valence-corrected chi connectivity index (χ3v) is 12.2. The van der Waals surface area contributed by atoms with E-state index in [0.717, 1.165) is 110 Å². The molecule has 294 valence electrons. The Hall–Kier alpha value is -8.61. The molecule has 0 aliphatic rings. The fourth-order valence-electron chi connectivity index (χ4n) is 9.31. The molecule has 0 atom stereocenters. The van der Waals surface area contributed by atoms with E-state index in [1.54, 1.807) is 0 Å². The molecule has 0 saturated heterocycles. The Morgan fingerprint density at radius 1 is 0.302 bits per heavy atom. The van der Waals surface area contributed by atoms with Crippen LogP contribution in [-0.4, -0.2) is 19.5 Å². The smallest absolute Gasteiger partial charge is 0.164 e. The minimum absolute atomic E-state index is 0.584. The molecule has 6 nitrogen and oxygen atoms in total. The summed E-state index contributed by atoms with van der Waals surface area (Å²) in [7, 11) is 0. The lowest BCUT2D eigenvalue weighted by Gasteiger charge is -2.15. The predicted molar refractivity (Wildman–Crippen MR) is 256 cm³/mol. The summed E-state index contributed by atoms with van der Waals surface area (Å²) in [5, 5.41) is 6.69. The van der Waals surface area contributed by atoms with Crippen LogP contribution in [0, 0.1) is 0 Å². The fraction of sp³-hybridized carbons (Fsp3) is 0. The zero-order valence-electron chi connectivity index (χ0n) is 33.7. The Morgan fingerprint density at radius 2 is 0.825 bits per heavy atom. The summed E-state index contributed by atoms with van der Waals surface area (Å²) in [5.41, 5.74) is 13.7. The van der Waals surface area contributed by atoms with E-state index in [1.165, 1.54) is 0 Å². The number of nitrogens with zero attached hydrogens (tertiary/aromatic N) is 4. The molecule has 0 aliphatic heterocycles. The van der Waals surface area contributed by atoms with Crippen molar-refractivity contribution >= 4 is 65.7 Å². The number of furan rings is 2. The summed E-state index contributed by atoms with van der Waals surface area (Å²) >= 11 is 0. The van der Waals surface area contributed by atoms with Gasteiger partial charge >= 0.3 is 0 Å². The van der Waals surface area contributed by atoms with Crippen molar-refractivity contribution < 1.29 is 8.83 Å². The molecule has 63 heavy (non-hydrogen) atoms. The average molecular weight is 807 g/mol. The fourth-order valence-corrected chi connectivity index (χ4v) is 9.31. The maximum atomic E-state index is 6.42. The number of aromatic nitrogens is 4. The van der Waals surface area contributed by atoms with E-state index in [4.69, 9.17) is 23.8 Å². The van der Waals surface area contributed by atoms with Crippen LogP contribution in [0.1, 0.15) is 0 Å². The molecule has 0 radical (unpaired) electrons. The van der Waals surface area contributed by atoms with Gasteiger partial charge in [0.05, 0.1) is 11.0 Å². The number of rotatable bonds is 6. The molecule has 0 bridgehead atoms. The van der Waals surface area contributed by atoms with E-state index < -0.39 is 0 Å². The van der Waals surface area contributed by atoms with Crippen molar-refractivity contribution in [2.24, 2.45) is 0 Å². The SMILES string of the molecule is c1ccc(-c2nc(-c3ccccc3)nc(-c3cc(-c4cccc5oc6ccccc6c45)cc(-n4c5ccccc5c5cc(-c6ccc7oc8ccccc8c7c6)ccc54)c3)n2)cc1. The van der Waals surface area contributed by atoms with Gasteiger partial charge in [0.2, 0.25) is 0 Å². The van der Waals surface area contributed by atoms with Gasteiger partial charge in [-0.15, -0.1) is 0 Å². The van der Waals surface area contributed by atoms with Gasteiger partial charge in [-0.05, 0) is 89.0 Å². The van der Waals surface area contributed by atoms with Crippen LogP contribution >= 0.6 is 0 Å². The molecule has 4 aromatic heterocycles. The summed E-state index contributed by atoms with van der Waals surface area (Å²) in [5.74, 6) is 1.81. The Labute approximate surface area is 361 Å². The Morgan fingerprint density at radius 3 is 1.57 bits per heavy atom. The first-order chi connectivity index (χ1) is 31.2. The van der Waals surface area contributed by atoms with Gasteiger partial charge in [0.25, 0.3) is 0 Å². The number of para-hydroxylation sites is 3. The van der Waals surface area contributed by atoms with Crippen molar-refractivity contribution in [1.29, 1.82) is 0 Å². The Bertz CT molecular complexity index is 3860. The number of hydrogen-bond acceptors (Lipinski definition) is 5. The highest BCUT2D eigenvalue weighted by molar-refractivity contribution is 6.14. The van der Waals surface area contributed by atoms with E-state index in [1.807, 2.05) is 91.0 Å². The van der Waals surface area contributed by atoms with E-state index in [-0.39, 0.29) is 0 Å². The van der Waals surface area contributed by atoms with E-state index in [9.17, 15) is 0 Å². The molecule has 9 aromatic carbocycles. The normalized spacial score (nSPS) is 11.8. The first kappa shape index (κ1) is 35.2. The van der Waals surface area contributed by atoms with Crippen LogP contribution in [0.3, 0.4) is 0 Å². The molecule has 13 aromatic rings. The molecule has 0 saturated carbocycles. The lowest BCUT2D eigenvalue weighted by Crippen LogP contribution is -2.02. The van der Waals surface area contributed by atoms with Crippen molar-refractivity contribution in [3.8, 4) is 62.1 Å². The van der Waals surface area contributed by atoms with Crippen LogP contribution in [0.4, 0.5) is 0 Å². The number of fused-ring (bicyclic) bond motifs is 9. The molecular weight excluding hydrogens is 773 g/mol. The minimum Gasteiger partial charge on any atom is -0.456 e. The van der Waals surface area contributed by atoms with Gasteiger partial charge in [-0.1, -0.05) is 140 Å². The second-order valence-electron chi connectivity index (χ2n) is 16.0. The molecule has 6 heteroatoms. The Balaban J connectivity index is 1.06. The largest absolute Gasteiger partial charge is 0.456 e. The Kier molecular flexibility index (Phi) is 7.80. The lowest BCUT2D eigenvalue weighted by atomic mass is 9.96. The summed E-state index contributed by atoms with van der Waals surface area (Å²) in [6.07, 6.45) is 0. The van der Waals surface area contributed by atoms with Crippen LogP contribution in [0.15, 0.2) is 215 Å². The molecule has 0 spiro atoms. The average Bonchev–Trinajstić information content (AvgIpc) is 4.03. The van der Waals surface area contributed by atoms with Gasteiger partial charge in [-0.3, -0.25) is 0 Å². The molecule has 0 aliphatic carbocycles. The standard InChI is InChI=1S/C57H34N4O2/c1-3-14-35(15-4-1)55-58-56(36-16-5-2-6-17-36)60-57(59-55)40-30-39(42-21-13-25-53-54(42)45-20-9-12-24-51(45)63-53)31-41(32-40)61-48-22-10-7-18-43(48)46-33-37(26-28-49(46)61)38-27-29-52-47(34-38)44-19-8-11-23-50(44)62-52/h1-34H.